The van der Waals surface area contributed by atoms with Crippen molar-refractivity contribution in [1.29, 1.82) is 0 Å². The molecule has 2 nitrogen and oxygen atoms in total. The molecular weight excluding hydrogens is 246 g/mol. The average Bonchev–Trinajstić information content (AvgIpc) is 2.38. The molecule has 0 bridgehead atoms. The van der Waals surface area contributed by atoms with Crippen LogP contribution in [0.5, 0.6) is 0 Å². The second kappa shape index (κ2) is 5.89. The number of hydrogen-bond acceptors (Lipinski definition) is 2. The molecule has 2 aromatic rings. The third-order valence-corrected chi connectivity index (χ3v) is 3.02. The molecule has 0 saturated heterocycles. The molecule has 1 unspecified atom stereocenters. The fourth-order valence-electron chi connectivity index (χ4n) is 1.90. The summed E-state index contributed by atoms with van der Waals surface area (Å²) in [6, 6.07) is 7.35. The Morgan fingerprint density at radius 3 is 2.42 bits per heavy atom. The highest BCUT2D eigenvalue weighted by molar-refractivity contribution is 5.23. The van der Waals surface area contributed by atoms with Gasteiger partial charge in [0.2, 0.25) is 0 Å². The monoisotopic (exact) mass is 262 g/mol. The molecule has 0 aliphatic heterocycles. The minimum atomic E-state index is -0.526. The van der Waals surface area contributed by atoms with Crippen LogP contribution in [0.2, 0.25) is 0 Å². The van der Waals surface area contributed by atoms with Crippen molar-refractivity contribution in [1.82, 2.24) is 10.3 Å². The zero-order valence-corrected chi connectivity index (χ0v) is 11.0. The Bertz CT molecular complexity index is 532. The van der Waals surface area contributed by atoms with Crippen molar-refractivity contribution in [3.63, 3.8) is 0 Å². The lowest BCUT2D eigenvalue weighted by molar-refractivity contribution is 0.487. The van der Waals surface area contributed by atoms with E-state index in [0.717, 1.165) is 11.3 Å². The summed E-state index contributed by atoms with van der Waals surface area (Å²) >= 11 is 0. The van der Waals surface area contributed by atoms with E-state index in [1.165, 1.54) is 18.2 Å². The molecule has 1 aromatic carbocycles. The first kappa shape index (κ1) is 13.6. The van der Waals surface area contributed by atoms with E-state index in [4.69, 9.17) is 0 Å². The van der Waals surface area contributed by atoms with E-state index in [1.807, 2.05) is 19.1 Å². The summed E-state index contributed by atoms with van der Waals surface area (Å²) in [5.74, 6) is -1.05. The molecule has 100 valence electrons. The van der Waals surface area contributed by atoms with E-state index in [1.54, 1.807) is 13.1 Å². The topological polar surface area (TPSA) is 24.9 Å². The van der Waals surface area contributed by atoms with E-state index in [-0.39, 0.29) is 5.56 Å². The Morgan fingerprint density at radius 1 is 1.16 bits per heavy atom. The fraction of sp³-hybridized carbons (Fsp3) is 0.267. The van der Waals surface area contributed by atoms with E-state index in [2.05, 4.69) is 10.3 Å². The maximum absolute atomic E-state index is 13.6. The molecule has 0 radical (unpaired) electrons. The highest BCUT2D eigenvalue weighted by Crippen LogP contribution is 2.20. The van der Waals surface area contributed by atoms with Crippen molar-refractivity contribution in [2.24, 2.45) is 0 Å². The lowest BCUT2D eigenvalue weighted by atomic mass is 10.1. The molecule has 1 aromatic heterocycles. The van der Waals surface area contributed by atoms with Gasteiger partial charge in [0.25, 0.3) is 0 Å². The summed E-state index contributed by atoms with van der Waals surface area (Å²) in [6.45, 7) is 4.17. The number of nitrogens with zero attached hydrogens (tertiary/aromatic N) is 1. The van der Waals surface area contributed by atoms with Crippen LogP contribution in [0.1, 0.15) is 29.8 Å². The van der Waals surface area contributed by atoms with E-state index >= 15 is 0 Å². The van der Waals surface area contributed by atoms with Crippen molar-refractivity contribution in [2.45, 2.75) is 26.4 Å². The van der Waals surface area contributed by atoms with Gasteiger partial charge in [0.1, 0.15) is 11.6 Å². The molecule has 0 saturated carbocycles. The third-order valence-electron chi connectivity index (χ3n) is 3.02. The maximum atomic E-state index is 13.6. The number of aromatic nitrogens is 1. The van der Waals surface area contributed by atoms with Crippen molar-refractivity contribution in [2.75, 3.05) is 0 Å². The lowest BCUT2D eigenvalue weighted by Gasteiger charge is -2.15. The zero-order valence-electron chi connectivity index (χ0n) is 11.0. The zero-order chi connectivity index (χ0) is 13.8. The Morgan fingerprint density at radius 2 is 1.84 bits per heavy atom. The van der Waals surface area contributed by atoms with Gasteiger partial charge >= 0.3 is 0 Å². The molecule has 1 atom stereocenters. The van der Waals surface area contributed by atoms with Crippen molar-refractivity contribution >= 4 is 0 Å². The second-order valence-electron chi connectivity index (χ2n) is 4.55. The number of halogens is 2. The molecule has 0 amide bonds. The third kappa shape index (κ3) is 3.35. The number of pyridine rings is 1. The SMILES string of the molecule is Cc1ccc(CNC(C)c2c(F)cccc2F)cn1. The van der Waals surface area contributed by atoms with Gasteiger partial charge in [0, 0.05) is 30.0 Å². The molecule has 0 aliphatic carbocycles. The minimum absolute atomic E-state index is 0.0718. The number of nitrogens with one attached hydrogen (secondary N) is 1. The van der Waals surface area contributed by atoms with Crippen LogP contribution in [0.15, 0.2) is 36.5 Å². The smallest absolute Gasteiger partial charge is 0.130 e. The predicted octanol–water partition coefficient (Wildman–Crippen LogP) is 3.52. The maximum Gasteiger partial charge on any atom is 0.130 e. The number of hydrogen-bond donors (Lipinski definition) is 1. The summed E-state index contributed by atoms with van der Waals surface area (Å²) in [4.78, 5) is 4.18. The predicted molar refractivity (Wildman–Crippen MR) is 70.6 cm³/mol. The first-order valence-electron chi connectivity index (χ1n) is 6.16. The first-order chi connectivity index (χ1) is 9.08. The van der Waals surface area contributed by atoms with Gasteiger partial charge in [-0.15, -0.1) is 0 Å². The molecule has 0 aliphatic rings. The molecule has 19 heavy (non-hydrogen) atoms. The first-order valence-corrected chi connectivity index (χ1v) is 6.16. The van der Waals surface area contributed by atoms with Gasteiger partial charge < -0.3 is 5.32 Å². The quantitative estimate of drug-likeness (QED) is 0.912. The van der Waals surface area contributed by atoms with Gasteiger partial charge in [0.15, 0.2) is 0 Å². The van der Waals surface area contributed by atoms with Crippen molar-refractivity contribution in [3.05, 3.63) is 65.0 Å². The molecule has 4 heteroatoms. The summed E-state index contributed by atoms with van der Waals surface area (Å²) in [5.41, 5.74) is 1.99. The van der Waals surface area contributed by atoms with Crippen LogP contribution in [0, 0.1) is 18.6 Å². The highest BCUT2D eigenvalue weighted by atomic mass is 19.1. The van der Waals surface area contributed by atoms with Gasteiger partial charge in [0.05, 0.1) is 0 Å². The van der Waals surface area contributed by atoms with Crippen molar-refractivity contribution in [3.8, 4) is 0 Å². The van der Waals surface area contributed by atoms with Crippen LogP contribution < -0.4 is 5.32 Å². The van der Waals surface area contributed by atoms with Crippen LogP contribution in [0.3, 0.4) is 0 Å². The van der Waals surface area contributed by atoms with E-state index in [0.29, 0.717) is 6.54 Å². The van der Waals surface area contributed by atoms with Crippen molar-refractivity contribution < 1.29 is 8.78 Å². The van der Waals surface area contributed by atoms with Gasteiger partial charge in [-0.25, -0.2) is 8.78 Å². The average molecular weight is 262 g/mol. The molecule has 2 rings (SSSR count). The largest absolute Gasteiger partial charge is 0.306 e. The standard InChI is InChI=1S/C15H16F2N2/c1-10-6-7-12(8-18-10)9-19-11(2)15-13(16)4-3-5-14(15)17/h3-8,11,19H,9H2,1-2H3. The number of aryl methyl sites for hydroxylation is 1. The number of benzene rings is 1. The van der Waals surface area contributed by atoms with Gasteiger partial charge in [-0.2, -0.15) is 0 Å². The summed E-state index contributed by atoms with van der Waals surface area (Å²) in [5, 5.41) is 3.10. The highest BCUT2D eigenvalue weighted by Gasteiger charge is 2.15. The summed E-state index contributed by atoms with van der Waals surface area (Å²) < 4.78 is 27.2. The van der Waals surface area contributed by atoms with Crippen LogP contribution in [-0.2, 0) is 6.54 Å². The van der Waals surface area contributed by atoms with Crippen LogP contribution in [0.25, 0.3) is 0 Å². The summed E-state index contributed by atoms with van der Waals surface area (Å²) in [6.07, 6.45) is 1.76. The van der Waals surface area contributed by atoms with E-state index < -0.39 is 17.7 Å². The molecule has 1 N–H and O–H groups in total. The lowest BCUT2D eigenvalue weighted by Crippen LogP contribution is -2.20. The Kier molecular flexibility index (Phi) is 4.22. The number of rotatable bonds is 4. The fourth-order valence-corrected chi connectivity index (χ4v) is 1.90. The molecule has 0 spiro atoms. The normalized spacial score (nSPS) is 12.4. The Labute approximate surface area is 111 Å². The van der Waals surface area contributed by atoms with Gasteiger partial charge in [-0.1, -0.05) is 12.1 Å². The second-order valence-corrected chi connectivity index (χ2v) is 4.55. The minimum Gasteiger partial charge on any atom is -0.306 e. The van der Waals surface area contributed by atoms with Crippen LogP contribution in [0.4, 0.5) is 8.78 Å². The van der Waals surface area contributed by atoms with Gasteiger partial charge in [-0.05, 0) is 37.6 Å². The Hall–Kier alpha value is -1.81. The summed E-state index contributed by atoms with van der Waals surface area (Å²) in [7, 11) is 0. The van der Waals surface area contributed by atoms with Crippen LogP contribution >= 0.6 is 0 Å². The molecule has 0 fully saturated rings. The van der Waals surface area contributed by atoms with E-state index in [9.17, 15) is 8.78 Å². The molecule has 1 heterocycles. The van der Waals surface area contributed by atoms with Crippen LogP contribution in [-0.4, -0.2) is 4.98 Å². The Balaban J connectivity index is 2.05. The van der Waals surface area contributed by atoms with Gasteiger partial charge in [-0.3, -0.25) is 4.98 Å². The molecular formula is C15H16F2N2.